The van der Waals surface area contributed by atoms with E-state index in [9.17, 15) is 26.7 Å². The van der Waals surface area contributed by atoms with Gasteiger partial charge in [-0.25, -0.2) is 16.8 Å². The topological polar surface area (TPSA) is 109 Å². The second-order valence-corrected chi connectivity index (χ2v) is 11.8. The Labute approximate surface area is 178 Å². The van der Waals surface area contributed by atoms with Crippen molar-refractivity contribution in [1.29, 1.82) is 0 Å². The maximum Gasteiger partial charge on any atom is 0.327 e. The molecule has 1 aliphatic carbocycles. The number of thiophene rings is 1. The highest BCUT2D eigenvalue weighted by Gasteiger charge is 2.72. The van der Waals surface area contributed by atoms with Gasteiger partial charge in [0.05, 0.1) is 4.90 Å². The monoisotopic (exact) mass is 463 g/mol. The molecule has 1 aromatic heterocycles. The van der Waals surface area contributed by atoms with E-state index in [1.807, 2.05) is 0 Å². The quantitative estimate of drug-likeness (QED) is 0.577. The van der Waals surface area contributed by atoms with Crippen LogP contribution in [0.25, 0.3) is 0 Å². The van der Waals surface area contributed by atoms with E-state index in [2.05, 4.69) is 0 Å². The van der Waals surface area contributed by atoms with Gasteiger partial charge in [0.25, 0.3) is 20.0 Å². The zero-order valence-corrected chi connectivity index (χ0v) is 17.9. The smallest absolute Gasteiger partial charge is 0.327 e. The SMILES string of the molecule is O=C(O)C1(N(S(=O)(=O)c2ccccc2)S(=O)(=O)c2cccs2)C[C@H]1c1ccccc1. The zero-order valence-electron chi connectivity index (χ0n) is 15.5. The van der Waals surface area contributed by atoms with Crippen LogP contribution in [0.1, 0.15) is 17.9 Å². The van der Waals surface area contributed by atoms with Gasteiger partial charge in [0.2, 0.25) is 0 Å². The Hall–Kier alpha value is -2.53. The molecule has 0 amide bonds. The fourth-order valence-corrected chi connectivity index (χ4v) is 9.11. The summed E-state index contributed by atoms with van der Waals surface area (Å²) in [7, 11) is -9.36. The molecule has 2 atom stereocenters. The van der Waals surface area contributed by atoms with Gasteiger partial charge in [0, 0.05) is 5.92 Å². The van der Waals surface area contributed by atoms with E-state index >= 15 is 0 Å². The molecule has 1 aliphatic rings. The van der Waals surface area contributed by atoms with Crippen molar-refractivity contribution in [3.63, 3.8) is 0 Å². The minimum absolute atomic E-state index is 0.150. The van der Waals surface area contributed by atoms with E-state index in [1.165, 1.54) is 41.8 Å². The number of aliphatic carboxylic acids is 1. The first-order chi connectivity index (χ1) is 14.2. The van der Waals surface area contributed by atoms with Gasteiger partial charge in [0.15, 0.2) is 5.54 Å². The summed E-state index contributed by atoms with van der Waals surface area (Å²) < 4.78 is 54.0. The number of hydrogen-bond donors (Lipinski definition) is 1. The van der Waals surface area contributed by atoms with Crippen molar-refractivity contribution in [1.82, 2.24) is 3.71 Å². The summed E-state index contributed by atoms with van der Waals surface area (Å²) in [6.45, 7) is 0. The zero-order chi connectivity index (χ0) is 21.6. The van der Waals surface area contributed by atoms with Crippen LogP contribution >= 0.6 is 11.3 Å². The molecule has 30 heavy (non-hydrogen) atoms. The van der Waals surface area contributed by atoms with E-state index in [0.29, 0.717) is 5.56 Å². The third kappa shape index (κ3) is 3.16. The summed E-state index contributed by atoms with van der Waals surface area (Å²) >= 11 is 0.835. The molecule has 1 unspecified atom stereocenters. The van der Waals surface area contributed by atoms with Gasteiger partial charge < -0.3 is 5.11 Å². The Morgan fingerprint density at radius 2 is 1.50 bits per heavy atom. The van der Waals surface area contributed by atoms with Crippen LogP contribution in [0, 0.1) is 0 Å². The van der Waals surface area contributed by atoms with Crippen molar-refractivity contribution in [3.05, 3.63) is 83.7 Å². The minimum Gasteiger partial charge on any atom is -0.480 e. The minimum atomic E-state index is -4.69. The average Bonchev–Trinajstić information content (AvgIpc) is 3.20. The number of rotatable bonds is 7. The first-order valence-electron chi connectivity index (χ1n) is 8.90. The summed E-state index contributed by atoms with van der Waals surface area (Å²) in [5.74, 6) is -2.31. The molecule has 156 valence electrons. The first kappa shape index (κ1) is 20.7. The van der Waals surface area contributed by atoms with Crippen molar-refractivity contribution >= 4 is 37.4 Å². The molecule has 1 N–H and O–H groups in total. The molecular weight excluding hydrogens is 446 g/mol. The van der Waals surface area contributed by atoms with Gasteiger partial charge in [-0.05, 0) is 35.6 Å². The van der Waals surface area contributed by atoms with Crippen LogP contribution in [0.5, 0.6) is 0 Å². The van der Waals surface area contributed by atoms with Gasteiger partial charge >= 0.3 is 5.97 Å². The summed E-state index contributed by atoms with van der Waals surface area (Å²) in [5, 5.41) is 11.6. The van der Waals surface area contributed by atoms with Crippen LogP contribution in [0.4, 0.5) is 0 Å². The van der Waals surface area contributed by atoms with Gasteiger partial charge in [-0.15, -0.1) is 11.3 Å². The second kappa shape index (κ2) is 7.31. The lowest BCUT2D eigenvalue weighted by Crippen LogP contribution is -2.51. The summed E-state index contributed by atoms with van der Waals surface area (Å²) in [6, 6.07) is 18.2. The van der Waals surface area contributed by atoms with Crippen molar-refractivity contribution in [2.45, 2.75) is 27.0 Å². The van der Waals surface area contributed by atoms with E-state index in [-0.39, 0.29) is 19.2 Å². The molecule has 2 aromatic carbocycles. The van der Waals surface area contributed by atoms with Gasteiger partial charge in [-0.2, -0.15) is 0 Å². The van der Waals surface area contributed by atoms with Crippen LogP contribution in [0.2, 0.25) is 0 Å². The lowest BCUT2D eigenvalue weighted by Gasteiger charge is -2.28. The van der Waals surface area contributed by atoms with E-state index in [4.69, 9.17) is 0 Å². The average molecular weight is 464 g/mol. The van der Waals surface area contributed by atoms with Gasteiger partial charge in [-0.3, -0.25) is 4.79 Å². The maximum absolute atomic E-state index is 13.5. The summed E-state index contributed by atoms with van der Waals surface area (Å²) in [5.41, 5.74) is -1.58. The van der Waals surface area contributed by atoms with E-state index in [0.717, 1.165) is 11.3 Å². The lowest BCUT2D eigenvalue weighted by molar-refractivity contribution is -0.142. The summed E-state index contributed by atoms with van der Waals surface area (Å²) in [6.07, 6.45) is -0.150. The molecule has 7 nitrogen and oxygen atoms in total. The Morgan fingerprint density at radius 3 is 2.03 bits per heavy atom. The predicted molar refractivity (Wildman–Crippen MR) is 111 cm³/mol. The standard InChI is InChI=1S/C20H17NO6S3/c22-19(23)20(14-17(20)15-8-3-1-4-9-15)21(30(26,27)18-12-7-13-28-18)29(24,25)16-10-5-2-6-11-16/h1-13,17H,14H2,(H,22,23)/t17-,20?/m0/s1. The largest absolute Gasteiger partial charge is 0.480 e. The Balaban J connectivity index is 1.96. The number of carbonyl (C=O) groups is 1. The van der Waals surface area contributed by atoms with E-state index in [1.54, 1.807) is 36.4 Å². The normalized spacial score (nSPS) is 21.4. The molecule has 4 rings (SSSR count). The number of nitrogens with zero attached hydrogens (tertiary/aromatic N) is 1. The van der Waals surface area contributed by atoms with Crippen molar-refractivity contribution in [2.24, 2.45) is 0 Å². The fraction of sp³-hybridized carbons (Fsp3) is 0.150. The predicted octanol–water partition coefficient (Wildman–Crippen LogP) is 3.14. The summed E-state index contributed by atoms with van der Waals surface area (Å²) in [4.78, 5) is 12.1. The molecular formula is C20H17NO6S3. The first-order valence-corrected chi connectivity index (χ1v) is 12.7. The Bertz CT molecular complexity index is 1270. The fourth-order valence-electron chi connectivity index (χ4n) is 3.59. The van der Waals surface area contributed by atoms with Gasteiger partial charge in [-0.1, -0.05) is 58.3 Å². The molecule has 0 bridgehead atoms. The molecule has 1 fully saturated rings. The molecule has 0 radical (unpaired) electrons. The molecule has 1 heterocycles. The highest BCUT2D eigenvalue weighted by molar-refractivity contribution is 8.05. The molecule has 1 saturated carbocycles. The van der Waals surface area contributed by atoms with Crippen molar-refractivity contribution < 1.29 is 26.7 Å². The Kier molecular flexibility index (Phi) is 5.05. The molecule has 10 heteroatoms. The second-order valence-electron chi connectivity index (χ2n) is 6.85. The Morgan fingerprint density at radius 1 is 0.900 bits per heavy atom. The van der Waals surface area contributed by atoms with Crippen molar-refractivity contribution in [3.8, 4) is 0 Å². The lowest BCUT2D eigenvalue weighted by atomic mass is 10.1. The molecule has 0 saturated heterocycles. The third-order valence-corrected chi connectivity index (χ3v) is 10.9. The number of hydrogen-bond acceptors (Lipinski definition) is 6. The maximum atomic E-state index is 13.5. The number of carboxylic acids is 1. The molecule has 0 spiro atoms. The van der Waals surface area contributed by atoms with Gasteiger partial charge in [0.1, 0.15) is 4.21 Å². The van der Waals surface area contributed by atoms with E-state index < -0.39 is 37.5 Å². The molecule has 0 aliphatic heterocycles. The number of sulfonamides is 2. The van der Waals surface area contributed by atoms with Crippen LogP contribution in [0.3, 0.4) is 0 Å². The molecule has 3 aromatic rings. The van der Waals surface area contributed by atoms with Crippen LogP contribution < -0.4 is 0 Å². The highest BCUT2D eigenvalue weighted by atomic mass is 32.3. The van der Waals surface area contributed by atoms with Crippen LogP contribution in [-0.2, 0) is 24.8 Å². The number of carboxylic acid groups (broad SMARTS) is 1. The van der Waals surface area contributed by atoms with Crippen molar-refractivity contribution in [2.75, 3.05) is 0 Å². The van der Waals surface area contributed by atoms with Crippen LogP contribution in [0.15, 0.2) is 87.3 Å². The third-order valence-electron chi connectivity index (χ3n) is 5.06. The highest BCUT2D eigenvalue weighted by Crippen LogP contribution is 2.59. The van der Waals surface area contributed by atoms with Crippen LogP contribution in [-0.4, -0.2) is 37.2 Å². The number of benzene rings is 2.